The highest BCUT2D eigenvalue weighted by Gasteiger charge is 2.35. The number of carbonyl (C=O) groups excluding carboxylic acids is 2. The Bertz CT molecular complexity index is 496. The van der Waals surface area contributed by atoms with E-state index >= 15 is 0 Å². The fourth-order valence-electron chi connectivity index (χ4n) is 1.95. The monoisotopic (exact) mass is 249 g/mol. The van der Waals surface area contributed by atoms with Crippen LogP contribution in [0.4, 0.5) is 0 Å². The van der Waals surface area contributed by atoms with Gasteiger partial charge in [0.2, 0.25) is 5.91 Å². The van der Waals surface area contributed by atoms with Gasteiger partial charge in [-0.2, -0.15) is 0 Å². The number of benzene rings is 1. The lowest BCUT2D eigenvalue weighted by molar-refractivity contribution is -0.132. The summed E-state index contributed by atoms with van der Waals surface area (Å²) >= 11 is 0. The Balaban J connectivity index is 2.30. The average Bonchev–Trinajstić information content (AvgIpc) is 2.34. The molecule has 0 aliphatic carbocycles. The molecule has 0 saturated carbocycles. The second-order valence-electron chi connectivity index (χ2n) is 4.77. The van der Waals surface area contributed by atoms with Gasteiger partial charge in [-0.25, -0.2) is 0 Å². The van der Waals surface area contributed by atoms with Gasteiger partial charge in [0.05, 0.1) is 19.6 Å². The Morgan fingerprint density at radius 2 is 2.00 bits per heavy atom. The fourth-order valence-corrected chi connectivity index (χ4v) is 1.95. The number of nitrogens with zero attached hydrogens (tertiary/aromatic N) is 1. The molecule has 0 aromatic heterocycles. The molecule has 5 heteroatoms. The number of amides is 2. The first-order valence-corrected chi connectivity index (χ1v) is 5.70. The van der Waals surface area contributed by atoms with E-state index in [1.807, 2.05) is 0 Å². The van der Waals surface area contributed by atoms with Crippen LogP contribution in [0.1, 0.15) is 22.8 Å². The lowest BCUT2D eigenvalue weighted by atomic mass is 9.97. The summed E-state index contributed by atoms with van der Waals surface area (Å²) in [6, 6.07) is 6.91. The summed E-state index contributed by atoms with van der Waals surface area (Å²) in [6.45, 7) is 0.676. The Labute approximate surface area is 105 Å². The number of hydrogen-bond acceptors (Lipinski definition) is 4. The minimum atomic E-state index is -1.47. The van der Waals surface area contributed by atoms with E-state index in [0.717, 1.165) is 4.90 Å². The van der Waals surface area contributed by atoms with Gasteiger partial charge in [0.15, 0.2) is 0 Å². The van der Waals surface area contributed by atoms with Gasteiger partial charge < -0.3 is 10.2 Å². The van der Waals surface area contributed by atoms with Gasteiger partial charge in [0.25, 0.3) is 5.91 Å². The van der Waals surface area contributed by atoms with Crippen LogP contribution in [-0.4, -0.2) is 45.7 Å². The van der Waals surface area contributed by atoms with Crippen molar-refractivity contribution in [2.24, 2.45) is 0 Å². The molecule has 1 unspecified atom stereocenters. The standard InChI is InChI=1S/C13H15NO4/c1-13(18,8-15)7-14-11(16)6-9-4-2-3-5-10(9)12(14)17/h2-5,15,18H,6-8H2,1H3. The van der Waals surface area contributed by atoms with Crippen LogP contribution in [0.3, 0.4) is 0 Å². The molecule has 2 N–H and O–H groups in total. The minimum absolute atomic E-state index is 0.142. The first-order chi connectivity index (χ1) is 8.44. The summed E-state index contributed by atoms with van der Waals surface area (Å²) in [6.07, 6.45) is 0.142. The summed E-state index contributed by atoms with van der Waals surface area (Å²) in [5.74, 6) is -0.775. The van der Waals surface area contributed by atoms with Crippen LogP contribution in [-0.2, 0) is 11.2 Å². The smallest absolute Gasteiger partial charge is 0.260 e. The number of β-amino-alcohol motifs (C(OH)–C–C–N with tert-alkyl or cyclic N) is 1. The van der Waals surface area contributed by atoms with Crippen molar-refractivity contribution in [3.8, 4) is 0 Å². The van der Waals surface area contributed by atoms with Crippen molar-refractivity contribution in [1.82, 2.24) is 4.90 Å². The van der Waals surface area contributed by atoms with Crippen LogP contribution in [0.25, 0.3) is 0 Å². The summed E-state index contributed by atoms with van der Waals surface area (Å²) in [5.41, 5.74) is -0.296. The summed E-state index contributed by atoms with van der Waals surface area (Å²) in [4.78, 5) is 25.0. The third-order valence-electron chi connectivity index (χ3n) is 2.98. The highest BCUT2D eigenvalue weighted by molar-refractivity contribution is 6.09. The topological polar surface area (TPSA) is 77.8 Å². The largest absolute Gasteiger partial charge is 0.393 e. The van der Waals surface area contributed by atoms with Crippen LogP contribution in [0.5, 0.6) is 0 Å². The minimum Gasteiger partial charge on any atom is -0.393 e. The molecule has 1 heterocycles. The lowest BCUT2D eigenvalue weighted by Crippen LogP contribution is -2.51. The first-order valence-electron chi connectivity index (χ1n) is 5.70. The zero-order valence-corrected chi connectivity index (χ0v) is 10.1. The number of carbonyl (C=O) groups is 2. The normalized spacial score (nSPS) is 18.5. The maximum Gasteiger partial charge on any atom is 0.260 e. The number of imide groups is 1. The van der Waals surface area contributed by atoms with Gasteiger partial charge in [0, 0.05) is 5.56 Å². The highest BCUT2D eigenvalue weighted by Crippen LogP contribution is 2.21. The van der Waals surface area contributed by atoms with Crippen LogP contribution in [0.15, 0.2) is 24.3 Å². The van der Waals surface area contributed by atoms with Crippen LogP contribution in [0, 0.1) is 0 Å². The molecule has 0 bridgehead atoms. The molecule has 1 atom stereocenters. The summed E-state index contributed by atoms with van der Waals surface area (Å²) in [7, 11) is 0. The zero-order chi connectivity index (χ0) is 13.3. The Morgan fingerprint density at radius 1 is 1.33 bits per heavy atom. The van der Waals surface area contributed by atoms with Crippen molar-refractivity contribution in [1.29, 1.82) is 0 Å². The number of rotatable bonds is 3. The van der Waals surface area contributed by atoms with Crippen molar-refractivity contribution in [3.05, 3.63) is 35.4 Å². The fraction of sp³-hybridized carbons (Fsp3) is 0.385. The molecule has 0 radical (unpaired) electrons. The number of aliphatic hydroxyl groups excluding tert-OH is 1. The van der Waals surface area contributed by atoms with Gasteiger partial charge in [0.1, 0.15) is 5.60 Å². The second kappa shape index (κ2) is 4.51. The number of hydrogen-bond donors (Lipinski definition) is 2. The van der Waals surface area contributed by atoms with E-state index in [-0.39, 0.29) is 18.9 Å². The van der Waals surface area contributed by atoms with Crippen molar-refractivity contribution >= 4 is 11.8 Å². The predicted octanol–water partition coefficient (Wildman–Crippen LogP) is -0.0452. The van der Waals surface area contributed by atoms with E-state index < -0.39 is 18.1 Å². The summed E-state index contributed by atoms with van der Waals surface area (Å²) in [5, 5.41) is 18.8. The van der Waals surface area contributed by atoms with E-state index in [1.54, 1.807) is 24.3 Å². The van der Waals surface area contributed by atoms with E-state index in [1.165, 1.54) is 6.92 Å². The molecule has 0 spiro atoms. The molecule has 5 nitrogen and oxygen atoms in total. The molecule has 1 aliphatic rings. The van der Waals surface area contributed by atoms with Crippen molar-refractivity contribution in [2.75, 3.05) is 13.2 Å². The van der Waals surface area contributed by atoms with Crippen molar-refractivity contribution in [2.45, 2.75) is 18.9 Å². The van der Waals surface area contributed by atoms with E-state index in [2.05, 4.69) is 0 Å². The quantitative estimate of drug-likeness (QED) is 0.737. The van der Waals surface area contributed by atoms with Crippen LogP contribution in [0.2, 0.25) is 0 Å². The molecular formula is C13H15NO4. The Kier molecular flexibility index (Phi) is 3.19. The first kappa shape index (κ1) is 12.7. The molecule has 96 valence electrons. The lowest BCUT2D eigenvalue weighted by Gasteiger charge is -2.32. The summed E-state index contributed by atoms with van der Waals surface area (Å²) < 4.78 is 0. The predicted molar refractivity (Wildman–Crippen MR) is 63.9 cm³/mol. The van der Waals surface area contributed by atoms with E-state index in [0.29, 0.717) is 11.1 Å². The van der Waals surface area contributed by atoms with Gasteiger partial charge in [-0.1, -0.05) is 18.2 Å². The molecule has 1 aromatic rings. The third kappa shape index (κ3) is 2.27. The second-order valence-corrected chi connectivity index (χ2v) is 4.77. The highest BCUT2D eigenvalue weighted by atomic mass is 16.3. The number of aliphatic hydroxyl groups is 2. The maximum absolute atomic E-state index is 12.1. The van der Waals surface area contributed by atoms with Gasteiger partial charge >= 0.3 is 0 Å². The molecule has 0 saturated heterocycles. The van der Waals surface area contributed by atoms with Gasteiger partial charge in [-0.3, -0.25) is 14.5 Å². The van der Waals surface area contributed by atoms with E-state index in [4.69, 9.17) is 5.11 Å². The molecule has 18 heavy (non-hydrogen) atoms. The van der Waals surface area contributed by atoms with Gasteiger partial charge in [-0.15, -0.1) is 0 Å². The maximum atomic E-state index is 12.1. The van der Waals surface area contributed by atoms with Crippen molar-refractivity contribution < 1.29 is 19.8 Å². The van der Waals surface area contributed by atoms with Crippen molar-refractivity contribution in [3.63, 3.8) is 0 Å². The molecule has 1 aromatic carbocycles. The molecular weight excluding hydrogens is 234 g/mol. The molecule has 2 rings (SSSR count). The number of fused-ring (bicyclic) bond motifs is 1. The Hall–Kier alpha value is -1.72. The molecule has 2 amide bonds. The molecule has 0 fully saturated rings. The van der Waals surface area contributed by atoms with E-state index in [9.17, 15) is 14.7 Å². The van der Waals surface area contributed by atoms with Gasteiger partial charge in [-0.05, 0) is 18.6 Å². The molecule has 1 aliphatic heterocycles. The average molecular weight is 249 g/mol. The SMILES string of the molecule is CC(O)(CO)CN1C(=O)Cc2ccccc2C1=O. The van der Waals surface area contributed by atoms with Crippen LogP contribution >= 0.6 is 0 Å². The van der Waals surface area contributed by atoms with Crippen LogP contribution < -0.4 is 0 Å². The zero-order valence-electron chi connectivity index (χ0n) is 10.1. The third-order valence-corrected chi connectivity index (χ3v) is 2.98. The Morgan fingerprint density at radius 3 is 2.67 bits per heavy atom.